The Morgan fingerprint density at radius 2 is 1.74 bits per heavy atom. The minimum absolute atomic E-state index is 0.0344. The molecule has 7 nitrogen and oxygen atoms in total. The molecule has 0 radical (unpaired) electrons. The van der Waals surface area contributed by atoms with Gasteiger partial charge in [0, 0.05) is 29.1 Å². The number of nitrogens with one attached hydrogen (secondary N) is 1. The van der Waals surface area contributed by atoms with Crippen molar-refractivity contribution in [1.29, 1.82) is 0 Å². The van der Waals surface area contributed by atoms with Crippen LogP contribution in [0.2, 0.25) is 0 Å². The highest BCUT2D eigenvalue weighted by atomic mass is 32.2. The molecule has 4 rings (SSSR count). The number of non-ortho nitro benzene ring substituents is 1. The van der Waals surface area contributed by atoms with Crippen LogP contribution in [0, 0.1) is 10.1 Å². The van der Waals surface area contributed by atoms with Gasteiger partial charge in [0.1, 0.15) is 5.37 Å². The first-order valence-electron chi connectivity index (χ1n) is 10.8. The third-order valence-electron chi connectivity index (χ3n) is 5.65. The van der Waals surface area contributed by atoms with Gasteiger partial charge in [-0.25, -0.2) is 0 Å². The Morgan fingerprint density at radius 3 is 2.35 bits per heavy atom. The van der Waals surface area contributed by atoms with Crippen molar-refractivity contribution < 1.29 is 14.5 Å². The Labute approximate surface area is 202 Å². The summed E-state index contributed by atoms with van der Waals surface area (Å²) in [4.78, 5) is 37.4. The van der Waals surface area contributed by atoms with Crippen molar-refractivity contribution in [1.82, 2.24) is 0 Å². The maximum Gasteiger partial charge on any atom is 0.270 e. The summed E-state index contributed by atoms with van der Waals surface area (Å²) in [6, 6.07) is 21.0. The number of anilines is 2. The minimum atomic E-state index is -0.533. The highest BCUT2D eigenvalue weighted by Gasteiger charge is 2.34. The first-order chi connectivity index (χ1) is 16.1. The smallest absolute Gasteiger partial charge is 0.270 e. The average Bonchev–Trinajstić information content (AvgIpc) is 3.20. The monoisotopic (exact) mass is 475 g/mol. The molecule has 1 N–H and O–H groups in total. The molecule has 1 fully saturated rings. The van der Waals surface area contributed by atoms with Crippen LogP contribution >= 0.6 is 11.8 Å². The van der Waals surface area contributed by atoms with Crippen molar-refractivity contribution in [3.05, 3.63) is 99.6 Å². The molecular weight excluding hydrogens is 450 g/mol. The van der Waals surface area contributed by atoms with Crippen LogP contribution in [-0.4, -0.2) is 22.5 Å². The number of amides is 2. The second-order valence-electron chi connectivity index (χ2n) is 9.11. The fraction of sp³-hybridized carbons (Fsp3) is 0.231. The molecule has 0 bridgehead atoms. The molecule has 3 aromatic carbocycles. The highest BCUT2D eigenvalue weighted by Crippen LogP contribution is 2.42. The van der Waals surface area contributed by atoms with E-state index < -0.39 is 10.8 Å². The standard InChI is InChI=1S/C26H25N3O4S/c1-26(2,3)19-9-13-21(14-10-19)28-23(30)16-34-25(28)17-7-11-20(12-8-17)27-24(31)18-5-4-6-22(15-18)29(32)33/h4-15,25H,16H2,1-3H3,(H,27,31). The van der Waals surface area contributed by atoms with Crippen molar-refractivity contribution in [3.8, 4) is 0 Å². The van der Waals surface area contributed by atoms with E-state index >= 15 is 0 Å². The SMILES string of the molecule is CC(C)(C)c1ccc(N2C(=O)CSC2c2ccc(NC(=O)c3cccc([N+](=O)[O-])c3)cc2)cc1. The molecule has 1 heterocycles. The van der Waals surface area contributed by atoms with Crippen molar-refractivity contribution in [3.63, 3.8) is 0 Å². The number of carbonyl (C=O) groups is 2. The van der Waals surface area contributed by atoms with E-state index in [0.717, 1.165) is 11.3 Å². The number of rotatable bonds is 5. The van der Waals surface area contributed by atoms with E-state index in [-0.39, 0.29) is 27.9 Å². The zero-order valence-corrected chi connectivity index (χ0v) is 20.0. The summed E-state index contributed by atoms with van der Waals surface area (Å²) in [5.74, 6) is 0.0285. The maximum absolute atomic E-state index is 12.7. The number of nitro groups is 1. The Bertz CT molecular complexity index is 1230. The van der Waals surface area contributed by atoms with Gasteiger partial charge in [-0.05, 0) is 46.9 Å². The summed E-state index contributed by atoms with van der Waals surface area (Å²) in [7, 11) is 0. The van der Waals surface area contributed by atoms with Crippen LogP contribution in [0.25, 0.3) is 0 Å². The summed E-state index contributed by atoms with van der Waals surface area (Å²) in [5, 5.41) is 13.6. The lowest BCUT2D eigenvalue weighted by Crippen LogP contribution is -2.28. The Morgan fingerprint density at radius 1 is 1.06 bits per heavy atom. The first-order valence-corrected chi connectivity index (χ1v) is 11.9. The molecule has 1 atom stereocenters. The Hall–Kier alpha value is -3.65. The van der Waals surface area contributed by atoms with Crippen LogP contribution in [0.15, 0.2) is 72.8 Å². The van der Waals surface area contributed by atoms with Crippen molar-refractivity contribution >= 4 is 40.6 Å². The fourth-order valence-electron chi connectivity index (χ4n) is 3.77. The molecule has 34 heavy (non-hydrogen) atoms. The molecule has 1 aliphatic rings. The van der Waals surface area contributed by atoms with E-state index in [1.165, 1.54) is 29.8 Å². The quantitative estimate of drug-likeness (QED) is 0.365. The number of nitrogens with zero attached hydrogens (tertiary/aromatic N) is 2. The van der Waals surface area contributed by atoms with Crippen LogP contribution in [0.3, 0.4) is 0 Å². The third kappa shape index (κ3) is 4.97. The number of hydrogen-bond donors (Lipinski definition) is 1. The lowest BCUT2D eigenvalue weighted by atomic mass is 9.87. The van der Waals surface area contributed by atoms with Crippen LogP contribution in [0.5, 0.6) is 0 Å². The van der Waals surface area contributed by atoms with Gasteiger partial charge in [0.15, 0.2) is 0 Å². The van der Waals surface area contributed by atoms with Gasteiger partial charge in [-0.3, -0.25) is 24.6 Å². The summed E-state index contributed by atoms with van der Waals surface area (Å²) in [6.45, 7) is 6.46. The molecular formula is C26H25N3O4S. The van der Waals surface area contributed by atoms with Gasteiger partial charge >= 0.3 is 0 Å². The van der Waals surface area contributed by atoms with E-state index in [9.17, 15) is 19.7 Å². The molecule has 8 heteroatoms. The zero-order chi connectivity index (χ0) is 24.5. The van der Waals surface area contributed by atoms with Gasteiger partial charge in [0.25, 0.3) is 11.6 Å². The third-order valence-corrected chi connectivity index (χ3v) is 6.86. The molecule has 0 spiro atoms. The van der Waals surface area contributed by atoms with Crippen LogP contribution in [0.4, 0.5) is 17.1 Å². The summed E-state index contributed by atoms with van der Waals surface area (Å²) < 4.78 is 0. The Kier molecular flexibility index (Phi) is 6.43. The van der Waals surface area contributed by atoms with Crippen LogP contribution in [-0.2, 0) is 10.2 Å². The minimum Gasteiger partial charge on any atom is -0.322 e. The molecule has 1 unspecified atom stereocenters. The fourth-order valence-corrected chi connectivity index (χ4v) is 4.94. The number of hydrogen-bond acceptors (Lipinski definition) is 5. The van der Waals surface area contributed by atoms with Gasteiger partial charge < -0.3 is 5.32 Å². The molecule has 0 saturated carbocycles. The van der Waals surface area contributed by atoms with E-state index in [2.05, 4.69) is 38.2 Å². The van der Waals surface area contributed by atoms with E-state index in [4.69, 9.17) is 0 Å². The topological polar surface area (TPSA) is 92.6 Å². The van der Waals surface area contributed by atoms with Crippen molar-refractivity contribution in [2.75, 3.05) is 16.0 Å². The van der Waals surface area contributed by atoms with Crippen LogP contribution < -0.4 is 10.2 Å². The van der Waals surface area contributed by atoms with Gasteiger partial charge in [-0.15, -0.1) is 11.8 Å². The molecule has 1 saturated heterocycles. The second-order valence-corrected chi connectivity index (χ2v) is 10.2. The molecule has 0 aliphatic carbocycles. The van der Waals surface area contributed by atoms with Crippen molar-refractivity contribution in [2.45, 2.75) is 31.6 Å². The van der Waals surface area contributed by atoms with Gasteiger partial charge in [0.05, 0.1) is 10.7 Å². The Balaban J connectivity index is 1.50. The lowest BCUT2D eigenvalue weighted by molar-refractivity contribution is -0.384. The van der Waals surface area contributed by atoms with Crippen LogP contribution in [0.1, 0.15) is 47.6 Å². The normalized spacial score (nSPS) is 15.9. The first kappa shape index (κ1) is 23.5. The van der Waals surface area contributed by atoms with E-state index in [1.54, 1.807) is 23.9 Å². The maximum atomic E-state index is 12.7. The summed E-state index contributed by atoms with van der Waals surface area (Å²) >= 11 is 1.56. The average molecular weight is 476 g/mol. The van der Waals surface area contributed by atoms with Gasteiger partial charge in [-0.1, -0.05) is 51.1 Å². The number of thioether (sulfide) groups is 1. The predicted molar refractivity (Wildman–Crippen MR) is 135 cm³/mol. The molecule has 1 aliphatic heterocycles. The molecule has 2 amide bonds. The van der Waals surface area contributed by atoms with E-state index in [0.29, 0.717) is 11.4 Å². The highest BCUT2D eigenvalue weighted by molar-refractivity contribution is 8.00. The van der Waals surface area contributed by atoms with Gasteiger partial charge in [0.2, 0.25) is 5.91 Å². The second kappa shape index (κ2) is 9.30. The van der Waals surface area contributed by atoms with E-state index in [1.807, 2.05) is 29.2 Å². The summed E-state index contributed by atoms with van der Waals surface area (Å²) in [5.41, 5.74) is 3.68. The molecule has 3 aromatic rings. The predicted octanol–water partition coefficient (Wildman–Crippen LogP) is 5.92. The molecule has 0 aromatic heterocycles. The number of nitro benzene ring substituents is 1. The van der Waals surface area contributed by atoms with Gasteiger partial charge in [-0.2, -0.15) is 0 Å². The largest absolute Gasteiger partial charge is 0.322 e. The van der Waals surface area contributed by atoms with Crippen molar-refractivity contribution in [2.24, 2.45) is 0 Å². The number of carbonyl (C=O) groups excluding carboxylic acids is 2. The summed E-state index contributed by atoms with van der Waals surface area (Å²) in [6.07, 6.45) is 0. The lowest BCUT2D eigenvalue weighted by Gasteiger charge is -2.26. The number of benzene rings is 3. The zero-order valence-electron chi connectivity index (χ0n) is 19.1. The molecule has 174 valence electrons.